The molecule has 1 aromatic rings. The van der Waals surface area contributed by atoms with E-state index >= 15 is 0 Å². The summed E-state index contributed by atoms with van der Waals surface area (Å²) in [4.78, 5) is 11.1. The molecule has 6 heteroatoms. The van der Waals surface area contributed by atoms with E-state index in [9.17, 15) is 4.79 Å². The first-order valence-corrected chi connectivity index (χ1v) is 5.35. The van der Waals surface area contributed by atoms with Gasteiger partial charge in [-0.1, -0.05) is 0 Å². The molecule has 1 amide bonds. The molecule has 2 N–H and O–H groups in total. The van der Waals surface area contributed by atoms with Gasteiger partial charge >= 0.3 is 6.09 Å². The quantitative estimate of drug-likeness (QED) is 0.781. The lowest BCUT2D eigenvalue weighted by Gasteiger charge is -2.12. The van der Waals surface area contributed by atoms with E-state index in [2.05, 4.69) is 15.4 Å². The molecule has 0 aromatic heterocycles. The Kier molecular flexibility index (Phi) is 5.32. The average molecular weight is 249 g/mol. The van der Waals surface area contributed by atoms with E-state index in [-0.39, 0.29) is 0 Å². The van der Waals surface area contributed by atoms with Crippen molar-refractivity contribution >= 4 is 17.5 Å². The summed E-state index contributed by atoms with van der Waals surface area (Å²) < 4.78 is 9.68. The van der Waals surface area contributed by atoms with Crippen LogP contribution in [0.1, 0.15) is 6.42 Å². The highest BCUT2D eigenvalue weighted by Crippen LogP contribution is 2.27. The second-order valence-electron chi connectivity index (χ2n) is 3.37. The summed E-state index contributed by atoms with van der Waals surface area (Å²) in [5, 5.41) is 14.1. The van der Waals surface area contributed by atoms with Crippen molar-refractivity contribution in [2.24, 2.45) is 0 Å². The van der Waals surface area contributed by atoms with Crippen LogP contribution in [0.25, 0.3) is 0 Å². The number of hydrogen-bond donors (Lipinski definition) is 2. The molecule has 0 spiro atoms. The highest BCUT2D eigenvalue weighted by Gasteiger charge is 2.06. The van der Waals surface area contributed by atoms with E-state index in [0.29, 0.717) is 30.1 Å². The number of nitrogens with zero attached hydrogens (tertiary/aromatic N) is 1. The van der Waals surface area contributed by atoms with Gasteiger partial charge in [0.1, 0.15) is 5.75 Å². The van der Waals surface area contributed by atoms with Crippen LogP contribution in [0.15, 0.2) is 18.2 Å². The van der Waals surface area contributed by atoms with Gasteiger partial charge in [0, 0.05) is 12.2 Å². The van der Waals surface area contributed by atoms with Gasteiger partial charge in [0.05, 0.1) is 32.4 Å². The second-order valence-corrected chi connectivity index (χ2v) is 3.37. The third kappa shape index (κ3) is 3.87. The summed E-state index contributed by atoms with van der Waals surface area (Å²) in [6, 6.07) is 7.18. The lowest BCUT2D eigenvalue weighted by molar-refractivity contribution is 0.187. The van der Waals surface area contributed by atoms with E-state index in [1.165, 1.54) is 7.11 Å². The number of hydrogen-bond acceptors (Lipinski definition) is 5. The fourth-order valence-corrected chi connectivity index (χ4v) is 1.35. The minimum Gasteiger partial charge on any atom is -0.495 e. The number of rotatable bonds is 5. The molecule has 0 heterocycles. The summed E-state index contributed by atoms with van der Waals surface area (Å²) in [6.07, 6.45) is -0.152. The molecule has 96 valence electrons. The van der Waals surface area contributed by atoms with Crippen LogP contribution in [0.2, 0.25) is 0 Å². The Balaban J connectivity index is 2.81. The molecule has 0 aliphatic carbocycles. The molecule has 0 aliphatic heterocycles. The molecule has 0 aliphatic rings. The largest absolute Gasteiger partial charge is 0.495 e. The predicted molar refractivity (Wildman–Crippen MR) is 67.7 cm³/mol. The highest BCUT2D eigenvalue weighted by atomic mass is 16.5. The average Bonchev–Trinajstić information content (AvgIpc) is 2.39. The maximum atomic E-state index is 11.1. The third-order valence-electron chi connectivity index (χ3n) is 2.18. The fourth-order valence-electron chi connectivity index (χ4n) is 1.35. The predicted octanol–water partition coefficient (Wildman–Crippen LogP) is 2.20. The monoisotopic (exact) mass is 249 g/mol. The number of anilines is 2. The van der Waals surface area contributed by atoms with Gasteiger partial charge in [-0.15, -0.1) is 0 Å². The number of nitriles is 1. The molecular formula is C12H15N3O3. The van der Waals surface area contributed by atoms with Crippen molar-refractivity contribution in [2.75, 3.05) is 31.4 Å². The summed E-state index contributed by atoms with van der Waals surface area (Å²) in [6.45, 7) is 0.508. The van der Waals surface area contributed by atoms with Crippen molar-refractivity contribution in [3.8, 4) is 11.8 Å². The lowest BCUT2D eigenvalue weighted by Crippen LogP contribution is -2.11. The van der Waals surface area contributed by atoms with Crippen LogP contribution in [0.3, 0.4) is 0 Å². The van der Waals surface area contributed by atoms with Gasteiger partial charge in [-0.3, -0.25) is 5.32 Å². The molecule has 0 unspecified atom stereocenters. The van der Waals surface area contributed by atoms with E-state index in [1.54, 1.807) is 25.3 Å². The van der Waals surface area contributed by atoms with Gasteiger partial charge < -0.3 is 14.8 Å². The smallest absolute Gasteiger partial charge is 0.411 e. The summed E-state index contributed by atoms with van der Waals surface area (Å²) in [5.41, 5.74) is 1.30. The standard InChI is InChI=1S/C12H15N3O3/c1-17-11-5-4-9(15-12(16)18-2)8-10(11)14-7-3-6-13/h4-5,8,14H,3,7H2,1-2H3,(H,15,16). The van der Waals surface area contributed by atoms with Gasteiger partial charge in [0.25, 0.3) is 0 Å². The topological polar surface area (TPSA) is 83.4 Å². The summed E-state index contributed by atoms with van der Waals surface area (Å²) in [7, 11) is 2.85. The number of ether oxygens (including phenoxy) is 2. The van der Waals surface area contributed by atoms with Gasteiger partial charge in [0.2, 0.25) is 0 Å². The zero-order valence-electron chi connectivity index (χ0n) is 10.3. The first-order valence-electron chi connectivity index (χ1n) is 5.35. The minimum absolute atomic E-state index is 0.387. The number of benzene rings is 1. The van der Waals surface area contributed by atoms with Gasteiger partial charge in [-0.2, -0.15) is 5.26 Å². The van der Waals surface area contributed by atoms with Crippen molar-refractivity contribution < 1.29 is 14.3 Å². The molecule has 18 heavy (non-hydrogen) atoms. The number of amides is 1. The molecule has 0 saturated heterocycles. The number of carbonyl (C=O) groups excluding carboxylic acids is 1. The SMILES string of the molecule is COC(=O)Nc1ccc(OC)c(NCCC#N)c1. The molecule has 1 rings (SSSR count). The van der Waals surface area contributed by atoms with E-state index < -0.39 is 6.09 Å². The number of nitrogens with one attached hydrogen (secondary N) is 2. The van der Waals surface area contributed by atoms with Crippen LogP contribution in [-0.2, 0) is 4.74 Å². The molecule has 6 nitrogen and oxygen atoms in total. The molecule has 0 saturated carbocycles. The fraction of sp³-hybridized carbons (Fsp3) is 0.333. The summed E-state index contributed by atoms with van der Waals surface area (Å²) in [5.74, 6) is 0.642. The minimum atomic E-state index is -0.539. The molecule has 0 bridgehead atoms. The van der Waals surface area contributed by atoms with Crippen LogP contribution < -0.4 is 15.4 Å². The maximum Gasteiger partial charge on any atom is 0.411 e. The first-order chi connectivity index (χ1) is 8.71. The summed E-state index contributed by atoms with van der Waals surface area (Å²) >= 11 is 0. The number of methoxy groups -OCH3 is 2. The maximum absolute atomic E-state index is 11.1. The van der Waals surface area contributed by atoms with E-state index in [0.717, 1.165) is 0 Å². The molecular weight excluding hydrogens is 234 g/mol. The Hall–Kier alpha value is -2.42. The zero-order valence-corrected chi connectivity index (χ0v) is 10.3. The van der Waals surface area contributed by atoms with Crippen molar-refractivity contribution in [2.45, 2.75) is 6.42 Å². The van der Waals surface area contributed by atoms with Crippen molar-refractivity contribution in [3.63, 3.8) is 0 Å². The van der Waals surface area contributed by atoms with E-state index in [1.807, 2.05) is 6.07 Å². The Morgan fingerprint density at radius 2 is 2.22 bits per heavy atom. The van der Waals surface area contributed by atoms with Gasteiger partial charge in [0.15, 0.2) is 0 Å². The first kappa shape index (κ1) is 13.6. The van der Waals surface area contributed by atoms with Crippen LogP contribution in [-0.4, -0.2) is 26.9 Å². The van der Waals surface area contributed by atoms with Crippen molar-refractivity contribution in [1.29, 1.82) is 5.26 Å². The normalized spacial score (nSPS) is 9.17. The third-order valence-corrected chi connectivity index (χ3v) is 2.18. The zero-order chi connectivity index (χ0) is 13.4. The molecule has 1 aromatic carbocycles. The second kappa shape index (κ2) is 7.01. The molecule has 0 radical (unpaired) electrons. The lowest BCUT2D eigenvalue weighted by atomic mass is 10.2. The van der Waals surface area contributed by atoms with Crippen molar-refractivity contribution in [3.05, 3.63) is 18.2 Å². The van der Waals surface area contributed by atoms with Crippen LogP contribution in [0.4, 0.5) is 16.2 Å². The van der Waals surface area contributed by atoms with Crippen LogP contribution in [0, 0.1) is 11.3 Å². The molecule has 0 fully saturated rings. The molecule has 0 atom stereocenters. The van der Waals surface area contributed by atoms with Gasteiger partial charge in [-0.25, -0.2) is 4.79 Å². The van der Waals surface area contributed by atoms with Crippen LogP contribution >= 0.6 is 0 Å². The highest BCUT2D eigenvalue weighted by molar-refractivity contribution is 5.85. The van der Waals surface area contributed by atoms with Crippen LogP contribution in [0.5, 0.6) is 5.75 Å². The van der Waals surface area contributed by atoms with Gasteiger partial charge in [-0.05, 0) is 18.2 Å². The Morgan fingerprint density at radius 1 is 1.44 bits per heavy atom. The Bertz CT molecular complexity index is 454. The van der Waals surface area contributed by atoms with Crippen molar-refractivity contribution in [1.82, 2.24) is 0 Å². The van der Waals surface area contributed by atoms with E-state index in [4.69, 9.17) is 10.00 Å². The Labute approximate surface area is 106 Å². The Morgan fingerprint density at radius 3 is 2.83 bits per heavy atom. The number of carbonyl (C=O) groups is 1.